The molecule has 0 N–H and O–H groups in total. The molecule has 0 spiro atoms. The van der Waals surface area contributed by atoms with Gasteiger partial charge in [0.05, 0.1) is 0 Å². The van der Waals surface area contributed by atoms with Crippen molar-refractivity contribution in [3.63, 3.8) is 0 Å². The van der Waals surface area contributed by atoms with Crippen molar-refractivity contribution in [2.75, 3.05) is 22.9 Å². The number of rotatable bonds is 6. The van der Waals surface area contributed by atoms with Gasteiger partial charge in [-0.05, 0) is 50.2 Å². The molecule has 1 aromatic heterocycles. The van der Waals surface area contributed by atoms with Crippen LogP contribution in [0.1, 0.15) is 34.8 Å². The number of nitrogens with zero attached hydrogens (tertiary/aromatic N) is 3. The summed E-state index contributed by atoms with van der Waals surface area (Å²) < 4.78 is 0. The van der Waals surface area contributed by atoms with E-state index < -0.39 is 0 Å². The lowest BCUT2D eigenvalue weighted by Crippen LogP contribution is -2.33. The Labute approximate surface area is 165 Å². The summed E-state index contributed by atoms with van der Waals surface area (Å²) in [5, 5.41) is 0. The third-order valence-electron chi connectivity index (χ3n) is 4.45. The first kappa shape index (κ1) is 19.3. The minimum Gasteiger partial charge on any atom is -0.307 e. The van der Waals surface area contributed by atoms with Crippen LogP contribution in [0.3, 0.4) is 0 Å². The number of hydrogen-bond donors (Lipinski definition) is 0. The first-order valence-electron chi connectivity index (χ1n) is 9.36. The number of carbonyl (C=O) groups is 2. The smallest absolute Gasteiger partial charge is 0.276 e. The quantitative estimate of drug-likeness (QED) is 0.643. The van der Waals surface area contributed by atoms with Crippen molar-refractivity contribution in [2.45, 2.75) is 13.8 Å². The van der Waals surface area contributed by atoms with Crippen LogP contribution >= 0.6 is 0 Å². The van der Waals surface area contributed by atoms with E-state index in [2.05, 4.69) is 4.98 Å². The molecule has 0 unspecified atom stereocenters. The van der Waals surface area contributed by atoms with E-state index in [9.17, 15) is 9.59 Å². The van der Waals surface area contributed by atoms with Gasteiger partial charge in [-0.15, -0.1) is 0 Å². The highest BCUT2D eigenvalue weighted by Gasteiger charge is 2.21. The zero-order valence-corrected chi connectivity index (χ0v) is 16.1. The molecule has 5 heteroatoms. The molecule has 0 radical (unpaired) electrons. The van der Waals surface area contributed by atoms with Gasteiger partial charge in [-0.3, -0.25) is 9.59 Å². The Morgan fingerprint density at radius 3 is 1.39 bits per heavy atom. The zero-order chi connectivity index (χ0) is 19.9. The number of benzene rings is 2. The molecule has 0 fully saturated rings. The number of hydrogen-bond acceptors (Lipinski definition) is 3. The Kier molecular flexibility index (Phi) is 6.17. The summed E-state index contributed by atoms with van der Waals surface area (Å²) in [5.74, 6) is -0.461. The third kappa shape index (κ3) is 4.09. The molecule has 142 valence electrons. The van der Waals surface area contributed by atoms with Gasteiger partial charge in [0, 0.05) is 24.5 Å². The van der Waals surface area contributed by atoms with E-state index in [-0.39, 0.29) is 23.2 Å². The molecule has 0 saturated carbocycles. The summed E-state index contributed by atoms with van der Waals surface area (Å²) in [4.78, 5) is 33.7. The predicted octanol–water partition coefficient (Wildman–Crippen LogP) is 4.42. The van der Waals surface area contributed by atoms with E-state index in [1.54, 1.807) is 28.0 Å². The molecule has 0 saturated heterocycles. The molecule has 5 nitrogen and oxygen atoms in total. The van der Waals surface area contributed by atoms with Gasteiger partial charge in [0.1, 0.15) is 11.4 Å². The van der Waals surface area contributed by atoms with Gasteiger partial charge >= 0.3 is 0 Å². The number of aromatic nitrogens is 1. The zero-order valence-electron chi connectivity index (χ0n) is 16.1. The fourth-order valence-electron chi connectivity index (χ4n) is 3.05. The molecule has 3 aromatic rings. The fraction of sp³-hybridized carbons (Fsp3) is 0.174. The van der Waals surface area contributed by atoms with Gasteiger partial charge in [0.25, 0.3) is 11.8 Å². The maximum atomic E-state index is 13.0. The maximum Gasteiger partial charge on any atom is 0.276 e. The van der Waals surface area contributed by atoms with Gasteiger partial charge in [-0.25, -0.2) is 4.98 Å². The standard InChI is InChI=1S/C23H23N3O2/c1-3-25(18-12-7-5-8-13-18)22(27)20-16-11-17-21(24-20)23(28)26(4-2)19-14-9-6-10-15-19/h5-17H,3-4H2,1-2H3. The molecule has 2 aromatic carbocycles. The van der Waals surface area contributed by atoms with Crippen LogP contribution in [-0.2, 0) is 0 Å². The Morgan fingerprint density at radius 1 is 0.643 bits per heavy atom. The summed E-state index contributed by atoms with van der Waals surface area (Å²) >= 11 is 0. The maximum absolute atomic E-state index is 13.0. The van der Waals surface area contributed by atoms with Crippen molar-refractivity contribution in [1.82, 2.24) is 4.98 Å². The molecule has 0 aliphatic carbocycles. The summed E-state index contributed by atoms with van der Waals surface area (Å²) in [5.41, 5.74) is 2.10. The molecule has 2 amide bonds. The van der Waals surface area contributed by atoms with Crippen molar-refractivity contribution < 1.29 is 9.59 Å². The monoisotopic (exact) mass is 373 g/mol. The molecule has 3 rings (SSSR count). The van der Waals surface area contributed by atoms with Crippen molar-refractivity contribution in [3.05, 3.63) is 90.3 Å². The number of para-hydroxylation sites is 2. The van der Waals surface area contributed by atoms with Crippen LogP contribution in [-0.4, -0.2) is 29.9 Å². The van der Waals surface area contributed by atoms with E-state index in [1.165, 1.54) is 0 Å². The lowest BCUT2D eigenvalue weighted by atomic mass is 10.2. The van der Waals surface area contributed by atoms with Gasteiger partial charge in [-0.2, -0.15) is 0 Å². The van der Waals surface area contributed by atoms with E-state index >= 15 is 0 Å². The second-order valence-corrected chi connectivity index (χ2v) is 6.18. The van der Waals surface area contributed by atoms with Crippen molar-refractivity contribution >= 4 is 23.2 Å². The SMILES string of the molecule is CCN(C(=O)c1cccc(C(=O)N(CC)c2ccccc2)n1)c1ccccc1. The molecule has 0 bridgehead atoms. The first-order chi connectivity index (χ1) is 13.7. The Morgan fingerprint density at radius 2 is 1.04 bits per heavy atom. The van der Waals surface area contributed by atoms with Crippen LogP contribution in [0.2, 0.25) is 0 Å². The molecule has 0 aliphatic rings. The summed E-state index contributed by atoms with van der Waals surface area (Å²) in [6.07, 6.45) is 0. The fourth-order valence-corrected chi connectivity index (χ4v) is 3.05. The third-order valence-corrected chi connectivity index (χ3v) is 4.45. The minimum absolute atomic E-state index is 0.230. The van der Waals surface area contributed by atoms with E-state index in [0.717, 1.165) is 11.4 Å². The summed E-state index contributed by atoms with van der Waals surface area (Å²) in [6.45, 7) is 4.84. The molecule has 0 aliphatic heterocycles. The average molecular weight is 373 g/mol. The highest BCUT2D eigenvalue weighted by atomic mass is 16.2. The largest absolute Gasteiger partial charge is 0.307 e. The topological polar surface area (TPSA) is 53.5 Å². The lowest BCUT2D eigenvalue weighted by molar-refractivity contribution is 0.0979. The number of anilines is 2. The van der Waals surface area contributed by atoms with Crippen LogP contribution in [0, 0.1) is 0 Å². The highest BCUT2D eigenvalue weighted by Crippen LogP contribution is 2.18. The second kappa shape index (κ2) is 8.95. The number of carbonyl (C=O) groups excluding carboxylic acids is 2. The number of amides is 2. The van der Waals surface area contributed by atoms with Crippen LogP contribution in [0.15, 0.2) is 78.9 Å². The van der Waals surface area contributed by atoms with E-state index in [0.29, 0.717) is 13.1 Å². The van der Waals surface area contributed by atoms with E-state index in [4.69, 9.17) is 0 Å². The normalized spacial score (nSPS) is 10.4. The van der Waals surface area contributed by atoms with Gasteiger partial charge in [-0.1, -0.05) is 42.5 Å². The second-order valence-electron chi connectivity index (χ2n) is 6.18. The van der Waals surface area contributed by atoms with E-state index in [1.807, 2.05) is 74.5 Å². The van der Waals surface area contributed by atoms with Crippen LogP contribution in [0.4, 0.5) is 11.4 Å². The average Bonchev–Trinajstić information content (AvgIpc) is 2.76. The Bertz CT molecular complexity index is 868. The molecular formula is C23H23N3O2. The van der Waals surface area contributed by atoms with Crippen molar-refractivity contribution in [1.29, 1.82) is 0 Å². The van der Waals surface area contributed by atoms with Crippen LogP contribution in [0.25, 0.3) is 0 Å². The van der Waals surface area contributed by atoms with Crippen LogP contribution < -0.4 is 9.80 Å². The van der Waals surface area contributed by atoms with Crippen molar-refractivity contribution in [2.24, 2.45) is 0 Å². The Hall–Kier alpha value is -3.47. The summed E-state index contributed by atoms with van der Waals surface area (Å²) in [7, 11) is 0. The van der Waals surface area contributed by atoms with Crippen molar-refractivity contribution in [3.8, 4) is 0 Å². The highest BCUT2D eigenvalue weighted by molar-refractivity contribution is 6.07. The summed E-state index contributed by atoms with van der Waals surface area (Å²) in [6, 6.07) is 23.9. The number of pyridine rings is 1. The van der Waals surface area contributed by atoms with Crippen LogP contribution in [0.5, 0.6) is 0 Å². The van der Waals surface area contributed by atoms with Gasteiger partial charge in [0.15, 0.2) is 0 Å². The van der Waals surface area contributed by atoms with Gasteiger partial charge < -0.3 is 9.80 Å². The van der Waals surface area contributed by atoms with Gasteiger partial charge in [0.2, 0.25) is 0 Å². The molecular weight excluding hydrogens is 350 g/mol. The molecule has 0 atom stereocenters. The molecule has 28 heavy (non-hydrogen) atoms. The molecule has 1 heterocycles. The Balaban J connectivity index is 1.89. The lowest BCUT2D eigenvalue weighted by Gasteiger charge is -2.22. The predicted molar refractivity (Wildman–Crippen MR) is 112 cm³/mol. The first-order valence-corrected chi connectivity index (χ1v) is 9.36. The minimum atomic E-state index is -0.230.